The van der Waals surface area contributed by atoms with Crippen molar-refractivity contribution >= 4 is 33.2 Å². The predicted octanol–water partition coefficient (Wildman–Crippen LogP) is 2.93. The first-order valence-corrected chi connectivity index (χ1v) is 7.93. The van der Waals surface area contributed by atoms with E-state index in [0.29, 0.717) is 18.9 Å². The first-order valence-electron chi connectivity index (χ1n) is 6.32. The summed E-state index contributed by atoms with van der Waals surface area (Å²) < 4.78 is 1.14. The Balaban J connectivity index is 2.10. The van der Waals surface area contributed by atoms with E-state index in [1.807, 2.05) is 6.07 Å². The lowest BCUT2D eigenvalue weighted by molar-refractivity contribution is -0.121. The largest absolute Gasteiger partial charge is 0.356 e. The van der Waals surface area contributed by atoms with E-state index in [1.165, 1.54) is 4.88 Å². The van der Waals surface area contributed by atoms with Crippen LogP contribution in [0.25, 0.3) is 0 Å². The number of hydrogen-bond donors (Lipinski definition) is 2. The van der Waals surface area contributed by atoms with Crippen LogP contribution < -0.4 is 11.1 Å². The lowest BCUT2D eigenvalue weighted by Gasteiger charge is -2.09. The molecule has 3 nitrogen and oxygen atoms in total. The lowest BCUT2D eigenvalue weighted by atomic mass is 10.0. The minimum Gasteiger partial charge on any atom is -0.356 e. The molecule has 0 bridgehead atoms. The monoisotopic (exact) mass is 332 g/mol. The van der Waals surface area contributed by atoms with Crippen LogP contribution in [0, 0.1) is 5.92 Å². The van der Waals surface area contributed by atoms with E-state index in [2.05, 4.69) is 34.2 Å². The number of amides is 1. The topological polar surface area (TPSA) is 55.1 Å². The molecule has 1 atom stereocenters. The smallest absolute Gasteiger partial charge is 0.220 e. The predicted molar refractivity (Wildman–Crippen MR) is 80.8 cm³/mol. The fourth-order valence-corrected chi connectivity index (χ4v) is 3.19. The van der Waals surface area contributed by atoms with Gasteiger partial charge in [-0.2, -0.15) is 0 Å². The molecule has 0 radical (unpaired) electrons. The molecule has 1 unspecified atom stereocenters. The Hall–Kier alpha value is -0.390. The normalized spacial score (nSPS) is 12.4. The van der Waals surface area contributed by atoms with E-state index in [9.17, 15) is 4.79 Å². The molecule has 18 heavy (non-hydrogen) atoms. The zero-order valence-corrected chi connectivity index (χ0v) is 13.1. The van der Waals surface area contributed by atoms with Crippen LogP contribution in [0.3, 0.4) is 0 Å². The summed E-state index contributed by atoms with van der Waals surface area (Å²) in [5.74, 6) is 0.684. The summed E-state index contributed by atoms with van der Waals surface area (Å²) in [6.07, 6.45) is 3.43. The summed E-state index contributed by atoms with van der Waals surface area (Å²) >= 11 is 5.15. The van der Waals surface area contributed by atoms with E-state index in [0.717, 1.165) is 29.6 Å². The molecule has 0 spiro atoms. The molecule has 0 aromatic carbocycles. The van der Waals surface area contributed by atoms with Gasteiger partial charge in [-0.05, 0) is 59.8 Å². The third-order valence-corrected chi connectivity index (χ3v) is 4.53. The molecule has 3 N–H and O–H groups in total. The summed E-state index contributed by atoms with van der Waals surface area (Å²) in [4.78, 5) is 12.9. The fraction of sp³-hybridized carbons (Fsp3) is 0.615. The van der Waals surface area contributed by atoms with Gasteiger partial charge in [-0.15, -0.1) is 11.3 Å². The van der Waals surface area contributed by atoms with Gasteiger partial charge < -0.3 is 11.1 Å². The van der Waals surface area contributed by atoms with Crippen molar-refractivity contribution in [1.82, 2.24) is 5.32 Å². The van der Waals surface area contributed by atoms with Gasteiger partial charge in [0.05, 0.1) is 3.79 Å². The van der Waals surface area contributed by atoms with Crippen molar-refractivity contribution in [2.45, 2.75) is 32.6 Å². The number of halogens is 1. The maximum atomic E-state index is 11.6. The highest BCUT2D eigenvalue weighted by Crippen LogP contribution is 2.22. The van der Waals surface area contributed by atoms with Crippen molar-refractivity contribution in [1.29, 1.82) is 0 Å². The highest BCUT2D eigenvalue weighted by molar-refractivity contribution is 9.11. The summed E-state index contributed by atoms with van der Waals surface area (Å²) in [5.41, 5.74) is 5.48. The fourth-order valence-electron chi connectivity index (χ4n) is 1.71. The van der Waals surface area contributed by atoms with Gasteiger partial charge in [0.1, 0.15) is 0 Å². The van der Waals surface area contributed by atoms with Gasteiger partial charge in [-0.3, -0.25) is 4.79 Å². The molecule has 0 fully saturated rings. The van der Waals surface area contributed by atoms with E-state index in [4.69, 9.17) is 5.73 Å². The quantitative estimate of drug-likeness (QED) is 0.768. The molecule has 0 aliphatic rings. The number of rotatable bonds is 8. The molecular formula is C13H21BrN2OS. The zero-order chi connectivity index (χ0) is 13.4. The van der Waals surface area contributed by atoms with Crippen LogP contribution >= 0.6 is 27.3 Å². The van der Waals surface area contributed by atoms with E-state index in [1.54, 1.807) is 11.3 Å². The van der Waals surface area contributed by atoms with Crippen molar-refractivity contribution in [3.63, 3.8) is 0 Å². The molecule has 0 aliphatic heterocycles. The average molecular weight is 333 g/mol. The Morgan fingerprint density at radius 3 is 2.89 bits per heavy atom. The van der Waals surface area contributed by atoms with Crippen LogP contribution in [0.15, 0.2) is 15.9 Å². The summed E-state index contributed by atoms with van der Waals surface area (Å²) in [6.45, 7) is 3.57. The van der Waals surface area contributed by atoms with Crippen LogP contribution in [0.1, 0.15) is 31.1 Å². The Kier molecular flexibility index (Phi) is 7.54. The second-order valence-corrected chi connectivity index (χ2v) is 7.07. The molecule has 1 aromatic rings. The molecule has 0 aliphatic carbocycles. The van der Waals surface area contributed by atoms with Crippen LogP contribution in [-0.2, 0) is 11.2 Å². The maximum Gasteiger partial charge on any atom is 0.220 e. The van der Waals surface area contributed by atoms with Gasteiger partial charge in [-0.1, -0.05) is 6.92 Å². The number of thiophene rings is 1. The van der Waals surface area contributed by atoms with Gasteiger partial charge in [0.25, 0.3) is 0 Å². The molecule has 1 aromatic heterocycles. The lowest BCUT2D eigenvalue weighted by Crippen LogP contribution is -2.25. The number of nitrogens with two attached hydrogens (primary N) is 1. The number of nitrogens with one attached hydrogen (secondary N) is 1. The van der Waals surface area contributed by atoms with E-state index in [-0.39, 0.29) is 5.91 Å². The Bertz CT molecular complexity index is 368. The van der Waals surface area contributed by atoms with Gasteiger partial charge in [0.2, 0.25) is 5.91 Å². The van der Waals surface area contributed by atoms with Crippen molar-refractivity contribution in [3.05, 3.63) is 20.8 Å². The van der Waals surface area contributed by atoms with Gasteiger partial charge in [0, 0.05) is 17.8 Å². The highest BCUT2D eigenvalue weighted by atomic mass is 79.9. The van der Waals surface area contributed by atoms with Crippen LogP contribution in [0.4, 0.5) is 0 Å². The van der Waals surface area contributed by atoms with Gasteiger partial charge in [0.15, 0.2) is 0 Å². The SMILES string of the molecule is CC(CCN)CCC(=O)NCCc1ccc(Br)s1. The first-order chi connectivity index (χ1) is 8.61. The third-order valence-electron chi connectivity index (χ3n) is 2.85. The number of hydrogen-bond acceptors (Lipinski definition) is 3. The molecule has 102 valence electrons. The summed E-state index contributed by atoms with van der Waals surface area (Å²) in [5, 5.41) is 2.96. The number of carbonyl (C=O) groups excluding carboxylic acids is 1. The number of carbonyl (C=O) groups is 1. The molecule has 0 saturated heterocycles. The minimum absolute atomic E-state index is 0.148. The molecule has 1 rings (SSSR count). The van der Waals surface area contributed by atoms with Crippen molar-refractivity contribution in [2.75, 3.05) is 13.1 Å². The van der Waals surface area contributed by atoms with Crippen molar-refractivity contribution < 1.29 is 4.79 Å². The van der Waals surface area contributed by atoms with E-state index >= 15 is 0 Å². The molecular weight excluding hydrogens is 312 g/mol. The van der Waals surface area contributed by atoms with Gasteiger partial charge >= 0.3 is 0 Å². The second kappa shape index (κ2) is 8.67. The summed E-state index contributed by atoms with van der Waals surface area (Å²) in [6, 6.07) is 4.13. The molecule has 5 heteroatoms. The third kappa shape index (κ3) is 6.52. The zero-order valence-electron chi connectivity index (χ0n) is 10.7. The Labute approximate surface area is 121 Å². The van der Waals surface area contributed by atoms with Crippen LogP contribution in [0.2, 0.25) is 0 Å². The van der Waals surface area contributed by atoms with Crippen molar-refractivity contribution in [2.24, 2.45) is 11.7 Å². The Morgan fingerprint density at radius 1 is 1.50 bits per heavy atom. The molecule has 1 amide bonds. The van der Waals surface area contributed by atoms with Crippen molar-refractivity contribution in [3.8, 4) is 0 Å². The van der Waals surface area contributed by atoms with Gasteiger partial charge in [-0.25, -0.2) is 0 Å². The average Bonchev–Trinajstić information content (AvgIpc) is 2.73. The first kappa shape index (κ1) is 15.7. The molecule has 1 heterocycles. The maximum absolute atomic E-state index is 11.6. The van der Waals surface area contributed by atoms with Crippen LogP contribution in [-0.4, -0.2) is 19.0 Å². The second-order valence-electron chi connectivity index (χ2n) is 4.53. The highest BCUT2D eigenvalue weighted by Gasteiger charge is 2.06. The Morgan fingerprint density at radius 2 is 2.28 bits per heavy atom. The standard InChI is InChI=1S/C13H21BrN2OS/c1-10(6-8-15)2-5-13(17)16-9-7-11-3-4-12(14)18-11/h3-4,10H,2,5-9,15H2,1H3,(H,16,17). The van der Waals surface area contributed by atoms with Crippen LogP contribution in [0.5, 0.6) is 0 Å². The summed E-state index contributed by atoms with van der Waals surface area (Å²) in [7, 11) is 0. The minimum atomic E-state index is 0.148. The molecule has 0 saturated carbocycles. The van der Waals surface area contributed by atoms with E-state index < -0.39 is 0 Å².